The molecule has 7 heteroatoms. The van der Waals surface area contributed by atoms with Gasteiger partial charge in [-0.3, -0.25) is 0 Å². The van der Waals surface area contributed by atoms with Gasteiger partial charge in [0.05, 0.1) is 6.26 Å². The highest BCUT2D eigenvalue weighted by atomic mass is 28.4. The van der Waals surface area contributed by atoms with Crippen LogP contribution in [-0.2, 0) is 20.6 Å². The first-order chi connectivity index (χ1) is 10.5. The van der Waals surface area contributed by atoms with Crippen molar-refractivity contribution in [2.75, 3.05) is 0 Å². The third-order valence-electron chi connectivity index (χ3n) is 4.07. The monoisotopic (exact) mass is 336 g/mol. The lowest BCUT2D eigenvalue weighted by Crippen LogP contribution is -2.42. The normalized spacial score (nSPS) is 11.6. The maximum absolute atomic E-state index is 12.1. The molecule has 0 N–H and O–H groups in total. The Morgan fingerprint density at radius 3 is 2.48 bits per heavy atom. The van der Waals surface area contributed by atoms with E-state index in [2.05, 4.69) is 32.1 Å². The fraction of sp³-hybridized carbons (Fsp3) is 0.500. The number of aryl methyl sites for hydroxylation is 1. The van der Waals surface area contributed by atoms with Gasteiger partial charge in [-0.05, 0) is 37.7 Å². The molecule has 0 radical (unpaired) electrons. The van der Waals surface area contributed by atoms with Gasteiger partial charge >= 0.3 is 11.7 Å². The summed E-state index contributed by atoms with van der Waals surface area (Å²) in [6.07, 6.45) is 1.51. The van der Waals surface area contributed by atoms with Crippen LogP contribution in [0.5, 0.6) is 0 Å². The van der Waals surface area contributed by atoms with E-state index in [4.69, 9.17) is 19.1 Å². The summed E-state index contributed by atoms with van der Waals surface area (Å²) in [5.74, 6) is -0.110. The van der Waals surface area contributed by atoms with Gasteiger partial charge in [0.1, 0.15) is 12.4 Å². The van der Waals surface area contributed by atoms with E-state index in [1.54, 1.807) is 13.0 Å². The molecule has 126 valence electrons. The molecule has 0 aromatic carbocycles. The molecule has 0 saturated heterocycles. The van der Waals surface area contributed by atoms with Crippen LogP contribution in [0.1, 0.15) is 32.1 Å². The SMILES string of the molecule is C=C(O[Si](C)(C)C(C)(C)C)C(=[N+]=[N-])C(=O)OCc1ccoc1C. The number of esters is 1. The summed E-state index contributed by atoms with van der Waals surface area (Å²) in [6, 6.07) is 1.71. The zero-order chi connectivity index (χ0) is 17.8. The van der Waals surface area contributed by atoms with Gasteiger partial charge in [-0.2, -0.15) is 4.79 Å². The zero-order valence-corrected chi connectivity index (χ0v) is 15.6. The molecule has 0 aliphatic heterocycles. The van der Waals surface area contributed by atoms with Crippen molar-refractivity contribution in [3.05, 3.63) is 41.5 Å². The molecule has 23 heavy (non-hydrogen) atoms. The van der Waals surface area contributed by atoms with Crippen molar-refractivity contribution in [3.8, 4) is 0 Å². The highest BCUT2D eigenvalue weighted by molar-refractivity contribution is 6.74. The number of carbonyl (C=O) groups excluding carboxylic acids is 1. The molecule has 0 saturated carbocycles. The number of hydrogen-bond acceptors (Lipinski definition) is 4. The van der Waals surface area contributed by atoms with Crippen LogP contribution in [0.25, 0.3) is 5.53 Å². The molecular weight excluding hydrogens is 312 g/mol. The van der Waals surface area contributed by atoms with E-state index in [1.165, 1.54) is 6.26 Å². The van der Waals surface area contributed by atoms with Crippen molar-refractivity contribution in [2.24, 2.45) is 0 Å². The van der Waals surface area contributed by atoms with Crippen molar-refractivity contribution >= 4 is 20.0 Å². The van der Waals surface area contributed by atoms with Crippen LogP contribution >= 0.6 is 0 Å². The van der Waals surface area contributed by atoms with Crippen LogP contribution in [0.15, 0.2) is 29.1 Å². The maximum atomic E-state index is 12.1. The number of rotatable bonds is 6. The summed E-state index contributed by atoms with van der Waals surface area (Å²) >= 11 is 0. The lowest BCUT2D eigenvalue weighted by molar-refractivity contribution is -0.141. The lowest BCUT2D eigenvalue weighted by atomic mass is 10.2. The predicted molar refractivity (Wildman–Crippen MR) is 89.3 cm³/mol. The van der Waals surface area contributed by atoms with Crippen molar-refractivity contribution in [1.82, 2.24) is 0 Å². The molecule has 0 aliphatic rings. The first kappa shape index (κ1) is 18.9. The standard InChI is InChI=1S/C16H24N2O4Si/c1-11-13(8-9-20-11)10-21-15(19)14(18-17)12(2)22-23(6,7)16(3,4)5/h8-9H,2,10H2,1,3-7H3. The minimum absolute atomic E-state index is 0.0213. The average Bonchev–Trinajstić information content (AvgIpc) is 2.80. The predicted octanol–water partition coefficient (Wildman–Crippen LogP) is 3.84. The van der Waals surface area contributed by atoms with E-state index in [0.29, 0.717) is 5.76 Å². The summed E-state index contributed by atoms with van der Waals surface area (Å²) in [5, 5.41) is -0.0751. The second-order valence-electron chi connectivity index (χ2n) is 6.81. The highest BCUT2D eigenvalue weighted by Crippen LogP contribution is 2.37. The molecule has 0 amide bonds. The first-order valence-corrected chi connectivity index (χ1v) is 10.2. The van der Waals surface area contributed by atoms with Gasteiger partial charge in [-0.1, -0.05) is 20.8 Å². The summed E-state index contributed by atoms with van der Waals surface area (Å²) in [7, 11) is -2.19. The van der Waals surface area contributed by atoms with Gasteiger partial charge in [0.15, 0.2) is 5.76 Å². The summed E-state index contributed by atoms with van der Waals surface area (Å²) in [5.41, 5.74) is 9.54. The summed E-state index contributed by atoms with van der Waals surface area (Å²) in [4.78, 5) is 15.1. The smallest absolute Gasteiger partial charge is 0.438 e. The molecule has 0 unspecified atom stereocenters. The molecular formula is C16H24N2O4Si. The third-order valence-corrected chi connectivity index (χ3v) is 8.44. The Bertz CT molecular complexity index is 649. The van der Waals surface area contributed by atoms with Crippen LogP contribution in [-0.4, -0.2) is 24.8 Å². The van der Waals surface area contributed by atoms with Crippen LogP contribution in [0.2, 0.25) is 18.1 Å². The first-order valence-electron chi connectivity index (χ1n) is 7.30. The van der Waals surface area contributed by atoms with Crippen molar-refractivity contribution in [1.29, 1.82) is 0 Å². The Kier molecular flexibility index (Phi) is 5.74. The van der Waals surface area contributed by atoms with Crippen LogP contribution in [0.3, 0.4) is 0 Å². The van der Waals surface area contributed by atoms with Crippen LogP contribution < -0.4 is 0 Å². The van der Waals surface area contributed by atoms with E-state index in [1.807, 2.05) is 13.1 Å². The van der Waals surface area contributed by atoms with E-state index in [0.717, 1.165) is 5.56 Å². The Hall–Kier alpha value is -2.11. The molecule has 0 atom stereocenters. The molecule has 1 aromatic heterocycles. The molecule has 1 aromatic rings. The van der Waals surface area contributed by atoms with Gasteiger partial charge < -0.3 is 19.1 Å². The van der Waals surface area contributed by atoms with Gasteiger partial charge in [0.25, 0.3) is 8.32 Å². The van der Waals surface area contributed by atoms with Crippen molar-refractivity contribution in [2.45, 2.75) is 52.4 Å². The number of hydrogen-bond donors (Lipinski definition) is 0. The third kappa shape index (κ3) is 4.68. The topological polar surface area (TPSA) is 85.1 Å². The van der Waals surface area contributed by atoms with E-state index < -0.39 is 14.3 Å². The summed E-state index contributed by atoms with van der Waals surface area (Å²) in [6.45, 7) is 15.7. The Balaban J connectivity index is 2.76. The molecule has 6 nitrogen and oxygen atoms in total. The molecule has 1 rings (SSSR count). The minimum atomic E-state index is -2.19. The largest absolute Gasteiger partial charge is 0.538 e. The average molecular weight is 336 g/mol. The van der Waals surface area contributed by atoms with E-state index in [-0.39, 0.29) is 23.1 Å². The number of nitrogens with zero attached hydrogens (tertiary/aromatic N) is 2. The fourth-order valence-corrected chi connectivity index (χ4v) is 2.51. The number of ether oxygens (including phenoxy) is 1. The Morgan fingerprint density at radius 1 is 1.43 bits per heavy atom. The zero-order valence-electron chi connectivity index (χ0n) is 14.6. The molecule has 0 aliphatic carbocycles. The van der Waals surface area contributed by atoms with Crippen molar-refractivity contribution in [3.63, 3.8) is 0 Å². The van der Waals surface area contributed by atoms with Gasteiger partial charge in [-0.15, -0.1) is 0 Å². The highest BCUT2D eigenvalue weighted by Gasteiger charge is 2.42. The molecule has 1 heterocycles. The summed E-state index contributed by atoms with van der Waals surface area (Å²) < 4.78 is 16.1. The van der Waals surface area contributed by atoms with E-state index in [9.17, 15) is 4.79 Å². The Morgan fingerprint density at radius 2 is 2.04 bits per heavy atom. The maximum Gasteiger partial charge on any atom is 0.438 e. The van der Waals surface area contributed by atoms with Gasteiger partial charge in [-0.25, -0.2) is 4.79 Å². The second kappa shape index (κ2) is 6.98. The van der Waals surface area contributed by atoms with Crippen LogP contribution in [0, 0.1) is 6.92 Å². The fourth-order valence-electron chi connectivity index (χ4n) is 1.49. The number of carbonyl (C=O) groups is 1. The second-order valence-corrected chi connectivity index (χ2v) is 11.5. The molecule has 0 spiro atoms. The Labute approximate surface area is 137 Å². The van der Waals surface area contributed by atoms with Gasteiger partial charge in [0, 0.05) is 5.56 Å². The lowest BCUT2D eigenvalue weighted by Gasteiger charge is -2.36. The minimum Gasteiger partial charge on any atom is -0.538 e. The van der Waals surface area contributed by atoms with Crippen molar-refractivity contribution < 1.29 is 23.2 Å². The quantitative estimate of drug-likeness (QED) is 0.197. The molecule has 0 fully saturated rings. The van der Waals surface area contributed by atoms with Gasteiger partial charge in [0.2, 0.25) is 0 Å². The van der Waals surface area contributed by atoms with Crippen LogP contribution in [0.4, 0.5) is 0 Å². The number of furan rings is 1. The van der Waals surface area contributed by atoms with E-state index >= 15 is 0 Å². The molecule has 0 bridgehead atoms.